The van der Waals surface area contributed by atoms with E-state index in [1.165, 1.54) is 12.8 Å². The van der Waals surface area contributed by atoms with Crippen LogP contribution in [-0.4, -0.2) is 14.9 Å². The molecule has 0 saturated heterocycles. The lowest BCUT2D eigenvalue weighted by Gasteiger charge is -1.97. The Hall–Kier alpha value is -0.990. The van der Waals surface area contributed by atoms with Crippen molar-refractivity contribution in [2.45, 2.75) is 39.5 Å². The summed E-state index contributed by atoms with van der Waals surface area (Å²) in [5, 5.41) is 13.7. The molecule has 2 rings (SSSR count). The predicted molar refractivity (Wildman–Crippen MR) is 52.9 cm³/mol. The number of aromatic hydroxyl groups is 1. The summed E-state index contributed by atoms with van der Waals surface area (Å²) in [7, 11) is 1.89. The van der Waals surface area contributed by atoms with Crippen LogP contribution in [0.25, 0.3) is 0 Å². The summed E-state index contributed by atoms with van der Waals surface area (Å²) in [5.41, 5.74) is 1.76. The molecule has 1 fully saturated rings. The van der Waals surface area contributed by atoms with Gasteiger partial charge in [0.05, 0.1) is 5.69 Å². The zero-order valence-corrected chi connectivity index (χ0v) is 8.83. The van der Waals surface area contributed by atoms with E-state index in [0.29, 0.717) is 11.7 Å². The summed E-state index contributed by atoms with van der Waals surface area (Å²) < 4.78 is 1.79. The van der Waals surface area contributed by atoms with Crippen LogP contribution in [0.2, 0.25) is 0 Å². The Balaban J connectivity index is 0.000000396. The Morgan fingerprint density at radius 3 is 2.23 bits per heavy atom. The van der Waals surface area contributed by atoms with Gasteiger partial charge in [-0.05, 0) is 19.8 Å². The van der Waals surface area contributed by atoms with Gasteiger partial charge in [-0.2, -0.15) is 5.10 Å². The second-order valence-electron chi connectivity index (χ2n) is 3.22. The molecule has 1 aliphatic carbocycles. The quantitative estimate of drug-likeness (QED) is 0.724. The van der Waals surface area contributed by atoms with Gasteiger partial charge in [-0.3, -0.25) is 4.68 Å². The van der Waals surface area contributed by atoms with Crippen LogP contribution < -0.4 is 0 Å². The van der Waals surface area contributed by atoms with Crippen LogP contribution in [0, 0.1) is 6.92 Å². The zero-order valence-electron chi connectivity index (χ0n) is 8.83. The van der Waals surface area contributed by atoms with Gasteiger partial charge in [-0.15, -0.1) is 0 Å². The average Bonchev–Trinajstić information content (AvgIpc) is 2.88. The highest BCUT2D eigenvalue weighted by molar-refractivity contribution is 5.35. The van der Waals surface area contributed by atoms with E-state index < -0.39 is 0 Å². The molecule has 0 amide bonds. The highest BCUT2D eigenvalue weighted by Gasteiger charge is 2.30. The second kappa shape index (κ2) is 3.81. The van der Waals surface area contributed by atoms with E-state index in [2.05, 4.69) is 5.10 Å². The van der Waals surface area contributed by atoms with Crippen molar-refractivity contribution in [3.63, 3.8) is 0 Å². The van der Waals surface area contributed by atoms with E-state index in [1.54, 1.807) is 4.68 Å². The molecule has 0 atom stereocenters. The summed E-state index contributed by atoms with van der Waals surface area (Å²) in [5.74, 6) is 0.969. The largest absolute Gasteiger partial charge is 0.504 e. The number of aryl methyl sites for hydroxylation is 2. The fourth-order valence-corrected chi connectivity index (χ4v) is 1.48. The monoisotopic (exact) mass is 182 g/mol. The molecule has 0 aromatic carbocycles. The molecule has 0 aliphatic heterocycles. The maximum Gasteiger partial charge on any atom is 0.160 e. The third-order valence-electron chi connectivity index (χ3n) is 2.20. The molecule has 3 heteroatoms. The lowest BCUT2D eigenvalue weighted by atomic mass is 10.2. The maximum absolute atomic E-state index is 9.55. The van der Waals surface area contributed by atoms with Crippen molar-refractivity contribution in [2.75, 3.05) is 0 Å². The van der Waals surface area contributed by atoms with Crippen molar-refractivity contribution in [3.8, 4) is 5.75 Å². The molecule has 74 valence electrons. The van der Waals surface area contributed by atoms with E-state index in [4.69, 9.17) is 0 Å². The minimum atomic E-state index is 0.398. The van der Waals surface area contributed by atoms with Crippen LogP contribution in [0.3, 0.4) is 0 Å². The van der Waals surface area contributed by atoms with E-state index in [0.717, 1.165) is 11.4 Å². The number of hydrogen-bond acceptors (Lipinski definition) is 2. The summed E-state index contributed by atoms with van der Waals surface area (Å²) >= 11 is 0. The number of rotatable bonds is 1. The molecular formula is C10H18N2O. The van der Waals surface area contributed by atoms with Crippen LogP contribution >= 0.6 is 0 Å². The molecule has 13 heavy (non-hydrogen) atoms. The van der Waals surface area contributed by atoms with Crippen molar-refractivity contribution in [3.05, 3.63) is 11.4 Å². The molecular weight excluding hydrogens is 164 g/mol. The minimum Gasteiger partial charge on any atom is -0.504 e. The summed E-state index contributed by atoms with van der Waals surface area (Å²) in [6.45, 7) is 5.83. The van der Waals surface area contributed by atoms with Gasteiger partial charge in [-0.1, -0.05) is 13.8 Å². The molecule has 1 heterocycles. The van der Waals surface area contributed by atoms with E-state index in [1.807, 2.05) is 27.8 Å². The Labute approximate surface area is 79.4 Å². The van der Waals surface area contributed by atoms with Crippen LogP contribution in [0.4, 0.5) is 0 Å². The smallest absolute Gasteiger partial charge is 0.160 e. The molecule has 0 unspecified atom stereocenters. The van der Waals surface area contributed by atoms with Gasteiger partial charge < -0.3 is 5.11 Å². The van der Waals surface area contributed by atoms with Crippen LogP contribution in [-0.2, 0) is 7.05 Å². The summed E-state index contributed by atoms with van der Waals surface area (Å²) in [6.07, 6.45) is 2.40. The molecule has 1 N–H and O–H groups in total. The van der Waals surface area contributed by atoms with E-state index >= 15 is 0 Å². The van der Waals surface area contributed by atoms with Crippen molar-refractivity contribution in [1.29, 1.82) is 0 Å². The summed E-state index contributed by atoms with van der Waals surface area (Å²) in [6, 6.07) is 0. The zero-order chi connectivity index (χ0) is 10.0. The lowest BCUT2D eigenvalue weighted by Crippen LogP contribution is -1.95. The fourth-order valence-electron chi connectivity index (χ4n) is 1.48. The number of aromatic nitrogens is 2. The molecule has 0 radical (unpaired) electrons. The highest BCUT2D eigenvalue weighted by Crippen LogP contribution is 2.44. The predicted octanol–water partition coefficient (Wildman–Crippen LogP) is 2.34. The van der Waals surface area contributed by atoms with Crippen LogP contribution in [0.1, 0.15) is 44.0 Å². The average molecular weight is 182 g/mol. The minimum absolute atomic E-state index is 0.398. The maximum atomic E-state index is 9.55. The molecule has 0 bridgehead atoms. The van der Waals surface area contributed by atoms with Gasteiger partial charge in [0, 0.05) is 13.0 Å². The molecule has 1 saturated carbocycles. The third-order valence-corrected chi connectivity index (χ3v) is 2.20. The Morgan fingerprint density at radius 2 is 1.92 bits per heavy atom. The fraction of sp³-hybridized carbons (Fsp3) is 0.700. The van der Waals surface area contributed by atoms with Gasteiger partial charge >= 0.3 is 0 Å². The first-order chi connectivity index (χ1) is 6.20. The van der Waals surface area contributed by atoms with Gasteiger partial charge in [0.1, 0.15) is 5.69 Å². The van der Waals surface area contributed by atoms with Crippen molar-refractivity contribution in [2.24, 2.45) is 7.05 Å². The first kappa shape index (κ1) is 10.1. The van der Waals surface area contributed by atoms with Gasteiger partial charge in [0.2, 0.25) is 0 Å². The molecule has 1 aromatic rings. The highest BCUT2D eigenvalue weighted by atomic mass is 16.3. The SMILES string of the molecule is CC.Cc1nn(C)c(C2CC2)c1O. The van der Waals surface area contributed by atoms with E-state index in [9.17, 15) is 5.11 Å². The van der Waals surface area contributed by atoms with Gasteiger partial charge in [-0.25, -0.2) is 0 Å². The number of nitrogens with zero attached hydrogens (tertiary/aromatic N) is 2. The van der Waals surface area contributed by atoms with Gasteiger partial charge in [0.15, 0.2) is 5.75 Å². The van der Waals surface area contributed by atoms with Gasteiger partial charge in [0.25, 0.3) is 0 Å². The number of hydrogen-bond donors (Lipinski definition) is 1. The summed E-state index contributed by atoms with van der Waals surface area (Å²) in [4.78, 5) is 0. The van der Waals surface area contributed by atoms with Crippen LogP contribution in [0.5, 0.6) is 5.75 Å². The Bertz CT molecular complexity index is 287. The van der Waals surface area contributed by atoms with Crippen molar-refractivity contribution in [1.82, 2.24) is 9.78 Å². The Kier molecular flexibility index (Phi) is 2.96. The first-order valence-corrected chi connectivity index (χ1v) is 4.92. The molecule has 1 aliphatic rings. The molecule has 1 aromatic heterocycles. The van der Waals surface area contributed by atoms with Crippen LogP contribution in [0.15, 0.2) is 0 Å². The second-order valence-corrected chi connectivity index (χ2v) is 3.22. The molecule has 3 nitrogen and oxygen atoms in total. The van der Waals surface area contributed by atoms with E-state index in [-0.39, 0.29) is 0 Å². The van der Waals surface area contributed by atoms with Crippen molar-refractivity contribution >= 4 is 0 Å². The molecule has 0 spiro atoms. The standard InChI is InChI=1S/C8H12N2O.C2H6/c1-5-8(11)7(6-3-4-6)10(2)9-5;1-2/h6,11H,3-4H2,1-2H3;1-2H3. The lowest BCUT2D eigenvalue weighted by molar-refractivity contribution is 0.462. The first-order valence-electron chi connectivity index (χ1n) is 4.92. The van der Waals surface area contributed by atoms with Crippen molar-refractivity contribution < 1.29 is 5.11 Å². The normalized spacial score (nSPS) is 15.1. The third kappa shape index (κ3) is 1.85. The Morgan fingerprint density at radius 1 is 1.38 bits per heavy atom. The topological polar surface area (TPSA) is 38.0 Å².